The molecule has 0 rings (SSSR count). The summed E-state index contributed by atoms with van der Waals surface area (Å²) >= 11 is 0. The fourth-order valence-corrected chi connectivity index (χ4v) is 3.52. The van der Waals surface area contributed by atoms with Crippen molar-refractivity contribution >= 4 is 47.5 Å². The van der Waals surface area contributed by atoms with Gasteiger partial charge in [-0.25, -0.2) is 0 Å². The van der Waals surface area contributed by atoms with Crippen LogP contribution in [0.15, 0.2) is 20.5 Å². The highest BCUT2D eigenvalue weighted by molar-refractivity contribution is 5.91. The molecule has 0 spiro atoms. The van der Waals surface area contributed by atoms with Crippen LogP contribution in [0.5, 0.6) is 0 Å². The number of carboxylic acid groups (broad SMARTS) is 4. The summed E-state index contributed by atoms with van der Waals surface area (Å²) in [4.78, 5) is 107. The van der Waals surface area contributed by atoms with Crippen molar-refractivity contribution in [1.82, 2.24) is 21.3 Å². The van der Waals surface area contributed by atoms with Gasteiger partial charge in [0, 0.05) is 45.3 Å². The molecule has 4 atom stereocenters. The zero-order valence-corrected chi connectivity index (χ0v) is 24.9. The highest BCUT2D eigenvalue weighted by Gasteiger charge is 2.42. The molecule has 4 amide bonds. The lowest BCUT2D eigenvalue weighted by Gasteiger charge is -2.38. The van der Waals surface area contributed by atoms with Crippen molar-refractivity contribution in [3.05, 3.63) is 41.8 Å². The van der Waals surface area contributed by atoms with Crippen LogP contribution in [0.3, 0.4) is 0 Å². The van der Waals surface area contributed by atoms with E-state index >= 15 is 0 Å². The number of nitrogens with zero attached hydrogens (tertiary/aromatic N) is 12. The standard InChI is InChI=1S/C21H28N16O12/c22-34-30-9(1-5-13(38)39)17(46)26-21(27-18(47)10(31-35-23)2-6-14(40)41,28-19(48)11(32-36-24)3-7-15(42)43)29-20(49)12(33-37-25)4-8-16(44)45/h9-12H,1-8H2,(H,26,46)(H,27,47)(H,28,48)(H,29,49)(H,38,39)(H,40,41)(H,42,43)(H,44,45)/t9-,10-,11-,12-/m0/s1. The molecule has 0 aromatic heterocycles. The fraction of sp³-hybridized carbons (Fsp3) is 0.619. The van der Waals surface area contributed by atoms with E-state index in [1.54, 1.807) is 0 Å². The highest BCUT2D eigenvalue weighted by atomic mass is 16.4. The number of nitrogens with one attached hydrogen (secondary N) is 4. The van der Waals surface area contributed by atoms with Gasteiger partial charge in [0.1, 0.15) is 24.2 Å². The van der Waals surface area contributed by atoms with E-state index < -0.39 is 129 Å². The zero-order valence-electron chi connectivity index (χ0n) is 24.9. The number of rotatable bonds is 24. The molecule has 0 aliphatic heterocycles. The van der Waals surface area contributed by atoms with Crippen LogP contribution in [0, 0.1) is 0 Å². The topological polar surface area (TPSA) is 461 Å². The third-order valence-electron chi connectivity index (χ3n) is 5.74. The average Bonchev–Trinajstić information content (AvgIpc) is 3.00. The summed E-state index contributed by atoms with van der Waals surface area (Å²) in [6, 6.07) is -7.87. The molecular formula is C21H28N16O12. The van der Waals surface area contributed by atoms with Crippen molar-refractivity contribution in [2.45, 2.75) is 81.4 Å². The average molecular weight is 697 g/mol. The van der Waals surface area contributed by atoms with E-state index in [-0.39, 0.29) is 0 Å². The number of amides is 4. The lowest BCUT2D eigenvalue weighted by atomic mass is 10.1. The van der Waals surface area contributed by atoms with Gasteiger partial charge in [0.15, 0.2) is 0 Å². The summed E-state index contributed by atoms with van der Waals surface area (Å²) in [7, 11) is 0. The molecule has 0 saturated carbocycles. The number of carbonyl (C=O) groups excluding carboxylic acids is 4. The van der Waals surface area contributed by atoms with Crippen molar-refractivity contribution in [1.29, 1.82) is 0 Å². The molecule has 0 aliphatic carbocycles. The summed E-state index contributed by atoms with van der Waals surface area (Å²) in [6.07, 6.45) is -6.10. The van der Waals surface area contributed by atoms with Gasteiger partial charge in [-0.05, 0) is 47.8 Å². The van der Waals surface area contributed by atoms with E-state index in [1.807, 2.05) is 21.3 Å². The van der Waals surface area contributed by atoms with Crippen molar-refractivity contribution < 1.29 is 58.8 Å². The van der Waals surface area contributed by atoms with Gasteiger partial charge in [-0.1, -0.05) is 20.5 Å². The van der Waals surface area contributed by atoms with Gasteiger partial charge in [-0.3, -0.25) is 59.6 Å². The molecule has 0 radical (unpaired) electrons. The summed E-state index contributed by atoms with van der Waals surface area (Å²) in [5.74, 6) is -15.3. The van der Waals surface area contributed by atoms with Crippen molar-refractivity contribution in [3.8, 4) is 0 Å². The number of aliphatic carboxylic acids is 4. The quantitative estimate of drug-likeness (QED) is 0.0291. The van der Waals surface area contributed by atoms with E-state index in [4.69, 9.17) is 42.6 Å². The minimum absolute atomic E-state index is 0.725. The van der Waals surface area contributed by atoms with Crippen LogP contribution in [-0.2, 0) is 38.4 Å². The van der Waals surface area contributed by atoms with Gasteiger partial charge in [0.25, 0.3) is 5.91 Å². The minimum Gasteiger partial charge on any atom is -0.481 e. The van der Waals surface area contributed by atoms with Gasteiger partial charge in [0.2, 0.25) is 23.6 Å². The molecule has 28 heteroatoms. The largest absolute Gasteiger partial charge is 0.481 e. The molecule has 0 bridgehead atoms. The second-order valence-corrected chi connectivity index (χ2v) is 9.32. The smallest absolute Gasteiger partial charge is 0.303 e. The molecule has 28 nitrogen and oxygen atoms in total. The predicted molar refractivity (Wildman–Crippen MR) is 155 cm³/mol. The van der Waals surface area contributed by atoms with Crippen LogP contribution in [-0.4, -0.2) is 98.0 Å². The summed E-state index contributed by atoms with van der Waals surface area (Å²) in [6.45, 7) is 0. The first-order valence-electron chi connectivity index (χ1n) is 13.4. The number of hydrogen-bond acceptors (Lipinski definition) is 12. The molecule has 8 N–H and O–H groups in total. The van der Waals surface area contributed by atoms with Gasteiger partial charge >= 0.3 is 23.9 Å². The lowest BCUT2D eigenvalue weighted by molar-refractivity contribution is -0.138. The molecule has 0 aromatic carbocycles. The molecule has 0 heterocycles. The van der Waals surface area contributed by atoms with Gasteiger partial charge in [0.05, 0.1) is 0 Å². The monoisotopic (exact) mass is 696 g/mol. The van der Waals surface area contributed by atoms with E-state index in [0.717, 1.165) is 0 Å². The Bertz CT molecular complexity index is 1270. The molecule has 0 aromatic rings. The van der Waals surface area contributed by atoms with Crippen molar-refractivity contribution in [2.24, 2.45) is 20.5 Å². The Kier molecular flexibility index (Phi) is 18.6. The normalized spacial score (nSPS) is 13.6. The molecular weight excluding hydrogens is 668 g/mol. The Morgan fingerprint density at radius 3 is 0.776 bits per heavy atom. The minimum atomic E-state index is -3.26. The first-order valence-corrected chi connectivity index (χ1v) is 13.4. The molecule has 0 unspecified atom stereocenters. The third-order valence-corrected chi connectivity index (χ3v) is 5.74. The van der Waals surface area contributed by atoms with Crippen LogP contribution >= 0.6 is 0 Å². The number of hydrogen-bond donors (Lipinski definition) is 8. The van der Waals surface area contributed by atoms with E-state index in [1.165, 1.54) is 0 Å². The van der Waals surface area contributed by atoms with E-state index in [9.17, 15) is 38.4 Å². The zero-order chi connectivity index (χ0) is 37.6. The third kappa shape index (κ3) is 16.8. The van der Waals surface area contributed by atoms with Crippen LogP contribution in [0.4, 0.5) is 0 Å². The maximum absolute atomic E-state index is 13.3. The van der Waals surface area contributed by atoms with Crippen LogP contribution < -0.4 is 21.3 Å². The van der Waals surface area contributed by atoms with E-state index in [0.29, 0.717) is 0 Å². The van der Waals surface area contributed by atoms with Gasteiger partial charge in [-0.2, -0.15) is 0 Å². The maximum Gasteiger partial charge on any atom is 0.303 e. The Morgan fingerprint density at radius 2 is 0.633 bits per heavy atom. The van der Waals surface area contributed by atoms with E-state index in [2.05, 4.69) is 40.1 Å². The summed E-state index contributed by atoms with van der Waals surface area (Å²) in [5, 5.41) is 56.1. The Morgan fingerprint density at radius 1 is 0.449 bits per heavy atom. The maximum atomic E-state index is 13.3. The van der Waals surface area contributed by atoms with Gasteiger partial charge < -0.3 is 20.4 Å². The lowest BCUT2D eigenvalue weighted by Crippen LogP contribution is -2.80. The molecule has 0 fully saturated rings. The summed E-state index contributed by atoms with van der Waals surface area (Å²) in [5.41, 5.74) is 35.7. The van der Waals surface area contributed by atoms with Crippen LogP contribution in [0.1, 0.15) is 51.4 Å². The predicted octanol–water partition coefficient (Wildman–Crippen LogP) is 0.237. The number of azide groups is 4. The second kappa shape index (κ2) is 21.7. The SMILES string of the molecule is [N-]=[N+]=N[C@@H](CCC(=O)O)C(=O)NC(NC(=O)[C@H](CCC(=O)O)N=[N+]=[N-])(NC(=O)[C@H](CCC(=O)O)N=[N+]=[N-])NC(=O)[C@H](CCC(=O)O)N=[N+]=[N-]. The number of carboxylic acids is 4. The first kappa shape index (κ1) is 42.0. The molecule has 264 valence electrons. The van der Waals surface area contributed by atoms with Gasteiger partial charge in [-0.15, -0.1) is 0 Å². The fourth-order valence-electron chi connectivity index (χ4n) is 3.52. The Balaban J connectivity index is 7.45. The van der Waals surface area contributed by atoms with Crippen molar-refractivity contribution in [3.63, 3.8) is 0 Å². The second-order valence-electron chi connectivity index (χ2n) is 9.32. The van der Waals surface area contributed by atoms with Crippen LogP contribution in [0.2, 0.25) is 0 Å². The highest BCUT2D eigenvalue weighted by Crippen LogP contribution is 2.12. The Labute approximate surface area is 271 Å². The number of carbonyl (C=O) groups is 8. The van der Waals surface area contributed by atoms with Crippen molar-refractivity contribution in [2.75, 3.05) is 0 Å². The first-order chi connectivity index (χ1) is 23.0. The molecule has 0 aliphatic rings. The molecule has 0 saturated heterocycles. The Hall–Kier alpha value is -7.00. The van der Waals surface area contributed by atoms with Crippen LogP contribution in [0.25, 0.3) is 41.8 Å². The molecule has 49 heavy (non-hydrogen) atoms. The summed E-state index contributed by atoms with van der Waals surface area (Å²) < 4.78 is 0.